The number of aromatic hydroxyl groups is 2. The molecule has 2 N–H and O–H groups in total. The molecule has 6 unspecified atom stereocenters. The van der Waals surface area contributed by atoms with Gasteiger partial charge >= 0.3 is 64.7 Å². The van der Waals surface area contributed by atoms with Crippen LogP contribution in [0.2, 0.25) is 13.1 Å². The first-order valence-corrected chi connectivity index (χ1v) is 43.0. The van der Waals surface area contributed by atoms with Gasteiger partial charge in [0.25, 0.3) is 0 Å². The number of carbonyl (C=O) groups excluding carboxylic acids is 2. The lowest BCUT2D eigenvalue weighted by atomic mass is 10.2. The Labute approximate surface area is 532 Å². The molecule has 2 bridgehead atoms. The molecule has 0 aromatic heterocycles. The Morgan fingerprint density at radius 3 is 1.02 bits per heavy atom. The number of hydrogen-bond acceptors (Lipinski definition) is 25. The summed E-state index contributed by atoms with van der Waals surface area (Å²) in [6.07, 6.45) is 1.57. The quantitative estimate of drug-likeness (QED) is 0.0109. The molecule has 6 aromatic rings. The number of benzene rings is 6. The highest BCUT2D eigenvalue weighted by atomic mass is 32.2. The monoisotopic (exact) mass is 1370 g/mol. The van der Waals surface area contributed by atoms with Crippen molar-refractivity contribution in [2.24, 2.45) is 0 Å². The lowest BCUT2D eigenvalue weighted by Gasteiger charge is -2.55. The Morgan fingerprint density at radius 1 is 0.404 bits per heavy atom. The molecule has 89 heavy (non-hydrogen) atoms. The summed E-state index contributed by atoms with van der Waals surface area (Å²) in [4.78, 5) is 36.6. The van der Waals surface area contributed by atoms with E-state index < -0.39 is 75.9 Å². The highest BCUT2D eigenvalue weighted by Gasteiger charge is 2.72. The smallest absolute Gasteiger partial charge is 0.508 e. The summed E-state index contributed by atoms with van der Waals surface area (Å²) in [5.41, 5.74) is 2.43. The van der Waals surface area contributed by atoms with Crippen LogP contribution in [0.15, 0.2) is 146 Å². The zero-order chi connectivity index (χ0) is 64.1. The van der Waals surface area contributed by atoms with Crippen LogP contribution >= 0.6 is 24.1 Å². The molecule has 6 aromatic carbocycles. The first kappa shape index (κ1) is 69.4. The summed E-state index contributed by atoms with van der Waals surface area (Å²) >= 11 is 1.91. The molecule has 0 radical (unpaired) electrons. The lowest BCUT2D eigenvalue weighted by Crippen LogP contribution is -2.80. The van der Waals surface area contributed by atoms with Crippen molar-refractivity contribution >= 4 is 88.7 Å². The Morgan fingerprint density at radius 2 is 0.708 bits per heavy atom. The SMILES string of the molecule is CO[Si]1(Cc2ccc(OC(=O)OC(C)(C)C)cc2)O[Si](Cc2ccc(OC(=O)OC(C)(C)C)cc2)(OC)O[Si]2(Cc3ccc(OOOSC)cc3)O[Si](C)(Cc3ccc(O)cc3)O[Si](C)(Cc3ccc(O)cc3)O[Si](Cc3ccc(OOOSC)cc3)(O1)O2. The molecule has 23 nitrogen and oxygen atoms in total. The van der Waals surface area contributed by atoms with E-state index in [0.29, 0.717) is 33.8 Å². The van der Waals surface area contributed by atoms with E-state index in [1.54, 1.807) is 200 Å². The van der Waals surface area contributed by atoms with Crippen molar-refractivity contribution < 1.29 is 105 Å². The van der Waals surface area contributed by atoms with Crippen molar-refractivity contribution in [2.75, 3.05) is 26.7 Å². The van der Waals surface area contributed by atoms with Gasteiger partial charge in [0, 0.05) is 87.1 Å². The zero-order valence-electron chi connectivity index (χ0n) is 51.4. The molecular weight excluding hydrogens is 1300 g/mol. The van der Waals surface area contributed by atoms with E-state index in [0.717, 1.165) is 35.2 Å². The van der Waals surface area contributed by atoms with Gasteiger partial charge < -0.3 is 76.6 Å². The molecule has 480 valence electrons. The predicted molar refractivity (Wildman–Crippen MR) is 338 cm³/mol. The standard InChI is InChI=1S/C58H74O23S2Si6/c1-57(2,3)67-55(61)65-51-29-17-45(18-30-51)39-86(63-7)78-87(64-8,40-46-19-31-52(32-20-46)66-56(62)68-58(4,5)6)80-89(42-48-23-35-54(36-24-48)70-72-74-83-10)77-85(12,38-44-15-27-50(60)28-16-44)75-84(11,37-43-13-25-49(59)26-14-43)76-88(79-86,81-89)41-47-21-33-53(34-22-47)69-71-73-82-9/h13-36,59-60H,37-42H2,1-12H3. The van der Waals surface area contributed by atoms with E-state index in [2.05, 4.69) is 0 Å². The largest absolute Gasteiger partial charge is 0.514 e. The number of hydrogen-bond donors (Lipinski definition) is 2. The highest BCUT2D eigenvalue weighted by molar-refractivity contribution is 7.94. The third-order valence-electron chi connectivity index (χ3n) is 13.0. The van der Waals surface area contributed by atoms with Crippen LogP contribution in [0.1, 0.15) is 74.9 Å². The van der Waals surface area contributed by atoms with Gasteiger partial charge in [0.2, 0.25) is 0 Å². The summed E-state index contributed by atoms with van der Waals surface area (Å²) in [5, 5.41) is 30.9. The topological polar surface area (TPSA) is 250 Å². The maximum absolute atomic E-state index is 12.9. The Bertz CT molecular complexity index is 3050. The minimum Gasteiger partial charge on any atom is -0.508 e. The number of phenols is 2. The molecule has 31 heteroatoms. The minimum absolute atomic E-state index is 0.0620. The average Bonchev–Trinajstić information content (AvgIpc) is 0.772. The lowest BCUT2D eigenvalue weighted by molar-refractivity contribution is -0.403. The fourth-order valence-electron chi connectivity index (χ4n) is 9.63. The Balaban J connectivity index is 1.36. The van der Waals surface area contributed by atoms with Crippen molar-refractivity contribution in [1.82, 2.24) is 0 Å². The number of carbonyl (C=O) groups is 2. The number of phenolic OH excluding ortho intramolecular Hbond substituents is 2. The van der Waals surface area contributed by atoms with Gasteiger partial charge in [-0.25, -0.2) is 9.59 Å². The molecule has 0 amide bonds. The highest BCUT2D eigenvalue weighted by Crippen LogP contribution is 2.44. The fourth-order valence-corrected chi connectivity index (χ4v) is 42.3. The third kappa shape index (κ3) is 20.8. The third-order valence-corrected chi connectivity index (χ3v) is 39.4. The Kier molecular flexibility index (Phi) is 23.3. The number of rotatable bonds is 24. The second-order valence-corrected chi connectivity index (χ2v) is 42.6. The van der Waals surface area contributed by atoms with E-state index >= 15 is 0 Å². The van der Waals surface area contributed by atoms with Crippen LogP contribution in [-0.2, 0) is 102 Å². The van der Waals surface area contributed by atoms with Gasteiger partial charge in [-0.05, 0) is 171 Å². The number of fused-ring (bicyclic) bond motifs is 2. The van der Waals surface area contributed by atoms with Gasteiger partial charge in [0.05, 0.1) is 0 Å². The summed E-state index contributed by atoms with van der Waals surface area (Å²) in [6.45, 7) is 14.3. The molecule has 0 spiro atoms. The summed E-state index contributed by atoms with van der Waals surface area (Å²) in [7, 11) is -23.3. The van der Waals surface area contributed by atoms with Gasteiger partial charge in [-0.2, -0.15) is 0 Å². The van der Waals surface area contributed by atoms with Gasteiger partial charge in [-0.1, -0.05) is 72.8 Å². The molecule has 0 saturated carbocycles. The van der Waals surface area contributed by atoms with Crippen molar-refractivity contribution in [3.05, 3.63) is 179 Å². The molecular formula is C58H74O23S2Si6. The van der Waals surface area contributed by atoms with Crippen molar-refractivity contribution in [1.29, 1.82) is 0 Å². The first-order chi connectivity index (χ1) is 42.1. The molecule has 2 saturated heterocycles. The average molecular weight is 1370 g/mol. The van der Waals surface area contributed by atoms with E-state index in [9.17, 15) is 19.8 Å². The van der Waals surface area contributed by atoms with E-state index in [1.807, 2.05) is 13.1 Å². The summed E-state index contributed by atoms with van der Waals surface area (Å²) in [6, 6.07) is 41.0. The van der Waals surface area contributed by atoms with Crippen LogP contribution in [0, 0.1) is 0 Å². The van der Waals surface area contributed by atoms with Crippen LogP contribution < -0.4 is 19.2 Å². The molecule has 8 rings (SSSR count). The first-order valence-electron chi connectivity index (χ1n) is 28.0. The molecule has 0 aliphatic carbocycles. The van der Waals surface area contributed by atoms with Gasteiger partial charge in [-0.3, -0.25) is 0 Å². The van der Waals surface area contributed by atoms with Crippen LogP contribution in [-0.4, -0.2) is 113 Å². The molecule has 2 heterocycles. The van der Waals surface area contributed by atoms with Gasteiger partial charge in [0.15, 0.2) is 11.5 Å². The van der Waals surface area contributed by atoms with Crippen LogP contribution in [0.25, 0.3) is 0 Å². The van der Waals surface area contributed by atoms with E-state index in [4.69, 9.17) is 85.1 Å². The maximum Gasteiger partial charge on any atom is 0.514 e. The van der Waals surface area contributed by atoms with Crippen molar-refractivity contribution in [2.45, 2.75) is 102 Å². The summed E-state index contributed by atoms with van der Waals surface area (Å²) < 4.78 is 101. The minimum atomic E-state index is -4.73. The fraction of sp³-hybridized carbons (Fsp3) is 0.345. The van der Waals surface area contributed by atoms with Crippen molar-refractivity contribution in [3.8, 4) is 34.5 Å². The van der Waals surface area contributed by atoms with Crippen LogP contribution in [0.5, 0.6) is 34.5 Å². The molecule has 2 aliphatic heterocycles. The van der Waals surface area contributed by atoms with Crippen LogP contribution in [0.3, 0.4) is 0 Å². The van der Waals surface area contributed by atoms with Gasteiger partial charge in [-0.15, -0.1) is 8.67 Å². The zero-order valence-corrected chi connectivity index (χ0v) is 59.0. The van der Waals surface area contributed by atoms with Crippen molar-refractivity contribution in [3.63, 3.8) is 0 Å². The Hall–Kier alpha value is -5.46. The normalized spacial score (nSPS) is 23.8. The molecule has 6 atom stereocenters. The second kappa shape index (κ2) is 29.9. The van der Waals surface area contributed by atoms with Gasteiger partial charge in [0.1, 0.15) is 34.2 Å². The second-order valence-electron chi connectivity index (χ2n) is 23.0. The molecule has 2 fully saturated rings. The van der Waals surface area contributed by atoms with Crippen LogP contribution in [0.4, 0.5) is 9.59 Å². The summed E-state index contributed by atoms with van der Waals surface area (Å²) in [5.74, 6) is 1.15. The number of ether oxygens (including phenoxy) is 4. The van der Waals surface area contributed by atoms with E-state index in [-0.39, 0.29) is 59.3 Å². The predicted octanol–water partition coefficient (Wildman–Crippen LogP) is 12.1. The maximum atomic E-state index is 12.9. The molecule has 2 aliphatic rings. The van der Waals surface area contributed by atoms with E-state index in [1.165, 1.54) is 14.2 Å².